The van der Waals surface area contributed by atoms with Crippen molar-refractivity contribution in [2.45, 2.75) is 19.9 Å². The maximum atomic E-state index is 12.3. The van der Waals surface area contributed by atoms with Crippen molar-refractivity contribution >= 4 is 17.9 Å². The number of allylic oxidation sites excluding steroid dienone is 2. The molecule has 0 aromatic heterocycles. The highest BCUT2D eigenvalue weighted by Gasteiger charge is 2.14. The van der Waals surface area contributed by atoms with E-state index in [9.17, 15) is 9.59 Å². The quantitative estimate of drug-likeness (QED) is 0.627. The molecule has 25 heavy (non-hydrogen) atoms. The zero-order valence-corrected chi connectivity index (χ0v) is 14.4. The van der Waals surface area contributed by atoms with Gasteiger partial charge in [-0.3, -0.25) is 9.59 Å². The molecule has 0 fully saturated rings. The van der Waals surface area contributed by atoms with E-state index in [2.05, 4.69) is 10.6 Å². The molecule has 4 heteroatoms. The highest BCUT2D eigenvalue weighted by Crippen LogP contribution is 2.04. The van der Waals surface area contributed by atoms with Crippen molar-refractivity contribution in [2.75, 3.05) is 0 Å². The number of amides is 2. The molecule has 2 N–H and O–H groups in total. The lowest BCUT2D eigenvalue weighted by molar-refractivity contribution is -0.118. The van der Waals surface area contributed by atoms with E-state index in [0.717, 1.165) is 5.56 Å². The Kier molecular flexibility index (Phi) is 6.72. The molecule has 0 saturated heterocycles. The van der Waals surface area contributed by atoms with Gasteiger partial charge in [0.1, 0.15) is 5.70 Å². The molecule has 0 unspecified atom stereocenters. The predicted octanol–water partition coefficient (Wildman–Crippen LogP) is 3.54. The van der Waals surface area contributed by atoms with Crippen molar-refractivity contribution in [1.82, 2.24) is 10.6 Å². The molecule has 2 rings (SSSR count). The summed E-state index contributed by atoms with van der Waals surface area (Å²) in [5, 5.41) is 5.48. The van der Waals surface area contributed by atoms with Crippen LogP contribution in [-0.2, 0) is 4.79 Å². The fourth-order valence-electron chi connectivity index (χ4n) is 2.12. The molecule has 0 radical (unpaired) electrons. The van der Waals surface area contributed by atoms with Crippen molar-refractivity contribution in [3.63, 3.8) is 0 Å². The second kappa shape index (κ2) is 9.23. The molecule has 0 spiro atoms. The minimum absolute atomic E-state index is 0.0253. The van der Waals surface area contributed by atoms with Crippen LogP contribution in [0.4, 0.5) is 0 Å². The smallest absolute Gasteiger partial charge is 0.267 e. The van der Waals surface area contributed by atoms with Crippen LogP contribution in [0.2, 0.25) is 0 Å². The average Bonchev–Trinajstić information content (AvgIpc) is 2.61. The van der Waals surface area contributed by atoms with Gasteiger partial charge >= 0.3 is 0 Å². The Bertz CT molecular complexity index is 763. The van der Waals surface area contributed by atoms with Gasteiger partial charge in [0, 0.05) is 11.6 Å². The summed E-state index contributed by atoms with van der Waals surface area (Å²) in [6, 6.07) is 18.5. The van der Waals surface area contributed by atoms with E-state index in [1.54, 1.807) is 36.4 Å². The zero-order valence-electron chi connectivity index (χ0n) is 14.4. The Morgan fingerprint density at radius 2 is 1.52 bits per heavy atom. The van der Waals surface area contributed by atoms with Crippen LogP contribution >= 0.6 is 0 Å². The zero-order chi connectivity index (χ0) is 18.1. The number of benzene rings is 2. The van der Waals surface area contributed by atoms with E-state index in [1.165, 1.54) is 0 Å². The molecule has 2 aromatic rings. The summed E-state index contributed by atoms with van der Waals surface area (Å²) in [7, 11) is 0. The lowest BCUT2D eigenvalue weighted by atomic mass is 10.2. The van der Waals surface area contributed by atoms with E-state index in [4.69, 9.17) is 0 Å². The molecule has 4 nitrogen and oxygen atoms in total. The lowest BCUT2D eigenvalue weighted by Crippen LogP contribution is -2.38. The van der Waals surface area contributed by atoms with Crippen LogP contribution < -0.4 is 10.6 Å². The largest absolute Gasteiger partial charge is 0.349 e. The molecule has 0 atom stereocenters. The Labute approximate surface area is 148 Å². The second-order valence-electron chi connectivity index (χ2n) is 5.80. The Balaban J connectivity index is 2.17. The molecule has 0 aliphatic carbocycles. The maximum absolute atomic E-state index is 12.3. The molecule has 128 valence electrons. The lowest BCUT2D eigenvalue weighted by Gasteiger charge is -2.12. The Morgan fingerprint density at radius 3 is 2.12 bits per heavy atom. The van der Waals surface area contributed by atoms with Crippen molar-refractivity contribution in [2.24, 2.45) is 0 Å². The summed E-state index contributed by atoms with van der Waals surface area (Å²) in [5.74, 6) is -0.643. The molecule has 0 aliphatic rings. The van der Waals surface area contributed by atoms with E-state index in [0.29, 0.717) is 5.56 Å². The average molecular weight is 334 g/mol. The summed E-state index contributed by atoms with van der Waals surface area (Å²) in [6.07, 6.45) is 5.22. The molecule has 2 aromatic carbocycles. The topological polar surface area (TPSA) is 58.2 Å². The predicted molar refractivity (Wildman–Crippen MR) is 101 cm³/mol. The normalized spacial score (nSPS) is 11.6. The standard InChI is InChI=1S/C21H22N2O2/c1-16(2)22-21(25)19(15-9-12-17-10-5-3-6-11-17)23-20(24)18-13-7-4-8-14-18/h3-16H,1-2H3,(H,22,25)(H,23,24). The number of carbonyl (C=O) groups excluding carboxylic acids is 2. The van der Waals surface area contributed by atoms with Crippen LogP contribution in [0.3, 0.4) is 0 Å². The van der Waals surface area contributed by atoms with E-state index >= 15 is 0 Å². The molecule has 0 heterocycles. The molecule has 0 bridgehead atoms. The highest BCUT2D eigenvalue weighted by molar-refractivity contribution is 6.03. The van der Waals surface area contributed by atoms with Gasteiger partial charge < -0.3 is 10.6 Å². The Morgan fingerprint density at radius 1 is 0.920 bits per heavy atom. The number of rotatable bonds is 6. The maximum Gasteiger partial charge on any atom is 0.267 e. The molecule has 0 aliphatic heterocycles. The highest BCUT2D eigenvalue weighted by atomic mass is 16.2. The molecular formula is C21H22N2O2. The van der Waals surface area contributed by atoms with Crippen molar-refractivity contribution in [3.8, 4) is 0 Å². The van der Waals surface area contributed by atoms with Crippen LogP contribution in [0.25, 0.3) is 6.08 Å². The van der Waals surface area contributed by atoms with Crippen LogP contribution in [0.1, 0.15) is 29.8 Å². The summed E-state index contributed by atoms with van der Waals surface area (Å²) in [5.41, 5.74) is 1.71. The summed E-state index contributed by atoms with van der Waals surface area (Å²) in [4.78, 5) is 24.7. The summed E-state index contributed by atoms with van der Waals surface area (Å²) < 4.78 is 0. The minimum Gasteiger partial charge on any atom is -0.349 e. The van der Waals surface area contributed by atoms with Crippen molar-refractivity contribution < 1.29 is 9.59 Å². The Hall–Kier alpha value is -3.14. The van der Waals surface area contributed by atoms with Gasteiger partial charge in [-0.15, -0.1) is 0 Å². The number of carbonyl (C=O) groups is 2. The number of hydrogen-bond acceptors (Lipinski definition) is 2. The van der Waals surface area contributed by atoms with E-state index < -0.39 is 0 Å². The van der Waals surface area contributed by atoms with Crippen LogP contribution in [-0.4, -0.2) is 17.9 Å². The van der Waals surface area contributed by atoms with Gasteiger partial charge in [0.15, 0.2) is 0 Å². The fourth-order valence-corrected chi connectivity index (χ4v) is 2.12. The first-order valence-electron chi connectivity index (χ1n) is 8.17. The summed E-state index contributed by atoms with van der Waals surface area (Å²) in [6.45, 7) is 3.74. The monoisotopic (exact) mass is 334 g/mol. The second-order valence-corrected chi connectivity index (χ2v) is 5.80. The number of hydrogen-bond donors (Lipinski definition) is 2. The van der Waals surface area contributed by atoms with E-state index in [-0.39, 0.29) is 23.6 Å². The summed E-state index contributed by atoms with van der Waals surface area (Å²) >= 11 is 0. The van der Waals surface area contributed by atoms with Crippen LogP contribution in [0, 0.1) is 0 Å². The van der Waals surface area contributed by atoms with Gasteiger partial charge in [0.25, 0.3) is 11.8 Å². The van der Waals surface area contributed by atoms with Gasteiger partial charge in [0.05, 0.1) is 0 Å². The first-order valence-corrected chi connectivity index (χ1v) is 8.17. The molecular weight excluding hydrogens is 312 g/mol. The van der Waals surface area contributed by atoms with Crippen LogP contribution in [0.15, 0.2) is 78.5 Å². The fraction of sp³-hybridized carbons (Fsp3) is 0.143. The molecule has 2 amide bonds. The third kappa shape index (κ3) is 6.11. The third-order valence-electron chi connectivity index (χ3n) is 3.30. The van der Waals surface area contributed by atoms with E-state index in [1.807, 2.05) is 56.3 Å². The van der Waals surface area contributed by atoms with Gasteiger partial charge in [-0.25, -0.2) is 0 Å². The van der Waals surface area contributed by atoms with Crippen molar-refractivity contribution in [1.29, 1.82) is 0 Å². The minimum atomic E-state index is -0.322. The first-order chi connectivity index (χ1) is 12.1. The van der Waals surface area contributed by atoms with Gasteiger partial charge in [-0.1, -0.05) is 60.7 Å². The van der Waals surface area contributed by atoms with Crippen molar-refractivity contribution in [3.05, 3.63) is 89.6 Å². The van der Waals surface area contributed by atoms with Gasteiger partial charge in [-0.2, -0.15) is 0 Å². The van der Waals surface area contributed by atoms with Crippen LogP contribution in [0.5, 0.6) is 0 Å². The first kappa shape index (κ1) is 18.2. The van der Waals surface area contributed by atoms with Gasteiger partial charge in [-0.05, 0) is 37.6 Å². The third-order valence-corrected chi connectivity index (χ3v) is 3.30. The molecule has 0 saturated carbocycles. The number of nitrogens with one attached hydrogen (secondary N) is 2. The SMILES string of the molecule is CC(C)NC(=O)C(=CC=Cc1ccccc1)NC(=O)c1ccccc1. The van der Waals surface area contributed by atoms with Gasteiger partial charge in [0.2, 0.25) is 0 Å².